The summed E-state index contributed by atoms with van der Waals surface area (Å²) < 4.78 is 0. The van der Waals surface area contributed by atoms with Gasteiger partial charge in [-0.05, 0) is 19.4 Å². The van der Waals surface area contributed by atoms with Crippen LogP contribution < -0.4 is 4.90 Å². The van der Waals surface area contributed by atoms with E-state index in [2.05, 4.69) is 23.6 Å². The fourth-order valence-electron chi connectivity index (χ4n) is 2.28. The molecule has 1 fully saturated rings. The second-order valence-electron chi connectivity index (χ2n) is 4.75. The highest BCUT2D eigenvalue weighted by molar-refractivity contribution is 7.12. The van der Waals surface area contributed by atoms with E-state index >= 15 is 0 Å². The summed E-state index contributed by atoms with van der Waals surface area (Å²) in [4.78, 5) is 16.1. The number of carboxylic acids is 1. The van der Waals surface area contributed by atoms with Crippen LogP contribution in [0.15, 0.2) is 11.4 Å². The first kappa shape index (κ1) is 13.4. The van der Waals surface area contributed by atoms with E-state index in [0.29, 0.717) is 10.9 Å². The second kappa shape index (κ2) is 5.71. The van der Waals surface area contributed by atoms with E-state index in [4.69, 9.17) is 5.11 Å². The monoisotopic (exact) mass is 268 g/mol. The van der Waals surface area contributed by atoms with Crippen LogP contribution in [0.1, 0.15) is 29.9 Å². The first-order valence-corrected chi connectivity index (χ1v) is 7.30. The minimum absolute atomic E-state index is 0.425. The number of carboxylic acid groups (broad SMARTS) is 1. The van der Waals surface area contributed by atoms with Crippen molar-refractivity contribution in [1.82, 2.24) is 4.90 Å². The van der Waals surface area contributed by atoms with Gasteiger partial charge in [0.15, 0.2) is 0 Å². The van der Waals surface area contributed by atoms with Crippen molar-refractivity contribution in [3.8, 4) is 0 Å². The number of carbonyl (C=O) groups is 1. The lowest BCUT2D eigenvalue weighted by atomic mass is 10.2. The van der Waals surface area contributed by atoms with Gasteiger partial charge in [-0.1, -0.05) is 6.92 Å². The summed E-state index contributed by atoms with van der Waals surface area (Å²) in [5.41, 5.74) is 1.06. The van der Waals surface area contributed by atoms with E-state index in [0.717, 1.165) is 31.9 Å². The Labute approximate surface area is 112 Å². The predicted molar refractivity (Wildman–Crippen MR) is 74.8 cm³/mol. The molecule has 0 aliphatic carbocycles. The highest BCUT2D eigenvalue weighted by Crippen LogP contribution is 2.24. The molecule has 4 nitrogen and oxygen atoms in total. The molecule has 1 aliphatic rings. The maximum absolute atomic E-state index is 10.9. The largest absolute Gasteiger partial charge is 0.477 e. The normalized spacial score (nSPS) is 18.9. The van der Waals surface area contributed by atoms with E-state index in [-0.39, 0.29) is 0 Å². The molecule has 5 heteroatoms. The van der Waals surface area contributed by atoms with E-state index in [1.807, 2.05) is 5.38 Å². The molecule has 100 valence electrons. The molecule has 0 saturated carbocycles. The van der Waals surface area contributed by atoms with E-state index < -0.39 is 5.97 Å². The molecule has 1 aromatic heterocycles. The Balaban J connectivity index is 1.94. The molecule has 1 aliphatic heterocycles. The van der Waals surface area contributed by atoms with Gasteiger partial charge >= 0.3 is 5.97 Å². The summed E-state index contributed by atoms with van der Waals surface area (Å²) in [5, 5.41) is 10.9. The van der Waals surface area contributed by atoms with Gasteiger partial charge in [0, 0.05) is 43.3 Å². The van der Waals surface area contributed by atoms with Crippen molar-refractivity contribution < 1.29 is 9.90 Å². The van der Waals surface area contributed by atoms with Crippen LogP contribution in [0.5, 0.6) is 0 Å². The summed E-state index contributed by atoms with van der Waals surface area (Å²) in [6, 6.07) is 2.43. The van der Waals surface area contributed by atoms with E-state index in [9.17, 15) is 4.79 Å². The highest BCUT2D eigenvalue weighted by atomic mass is 32.1. The molecule has 0 bridgehead atoms. The first-order valence-electron chi connectivity index (χ1n) is 6.42. The van der Waals surface area contributed by atoms with Crippen LogP contribution in [0.2, 0.25) is 0 Å². The maximum atomic E-state index is 10.9. The number of piperazine rings is 1. The Morgan fingerprint density at radius 1 is 1.44 bits per heavy atom. The first-order chi connectivity index (χ1) is 8.61. The Morgan fingerprint density at radius 3 is 2.61 bits per heavy atom. The number of rotatable bonds is 4. The molecule has 2 heterocycles. The zero-order valence-corrected chi connectivity index (χ0v) is 11.7. The van der Waals surface area contributed by atoms with Gasteiger partial charge in [0.25, 0.3) is 0 Å². The molecule has 1 aromatic rings. The van der Waals surface area contributed by atoms with Gasteiger partial charge < -0.3 is 10.0 Å². The molecule has 1 saturated heterocycles. The number of anilines is 1. The minimum Gasteiger partial charge on any atom is -0.477 e. The molecule has 18 heavy (non-hydrogen) atoms. The lowest BCUT2D eigenvalue weighted by molar-refractivity contribution is 0.0702. The average molecular weight is 268 g/mol. The fraction of sp³-hybridized carbons (Fsp3) is 0.615. The summed E-state index contributed by atoms with van der Waals surface area (Å²) >= 11 is 1.31. The van der Waals surface area contributed by atoms with Gasteiger partial charge in [-0.3, -0.25) is 4.90 Å². The van der Waals surface area contributed by atoms with Crippen LogP contribution in [-0.2, 0) is 0 Å². The van der Waals surface area contributed by atoms with Crippen molar-refractivity contribution >= 4 is 23.0 Å². The van der Waals surface area contributed by atoms with Gasteiger partial charge in [-0.25, -0.2) is 4.79 Å². The van der Waals surface area contributed by atoms with Gasteiger partial charge in [0.2, 0.25) is 0 Å². The molecule has 1 N–H and O–H groups in total. The molecule has 0 aromatic carbocycles. The molecule has 2 rings (SSSR count). The number of thiophene rings is 1. The van der Waals surface area contributed by atoms with Crippen LogP contribution in [0, 0.1) is 0 Å². The zero-order chi connectivity index (χ0) is 13.1. The second-order valence-corrected chi connectivity index (χ2v) is 5.67. The average Bonchev–Trinajstić information content (AvgIpc) is 2.88. The van der Waals surface area contributed by atoms with Crippen molar-refractivity contribution in [1.29, 1.82) is 0 Å². The number of nitrogens with zero attached hydrogens (tertiary/aromatic N) is 2. The van der Waals surface area contributed by atoms with Crippen molar-refractivity contribution in [3.05, 3.63) is 16.3 Å². The summed E-state index contributed by atoms with van der Waals surface area (Å²) in [6.45, 7) is 8.58. The van der Waals surface area contributed by atoms with Crippen LogP contribution in [0.3, 0.4) is 0 Å². The molecule has 0 radical (unpaired) electrons. The smallest absolute Gasteiger partial charge is 0.345 e. The molecule has 1 unspecified atom stereocenters. The third-order valence-corrected chi connectivity index (χ3v) is 4.60. The van der Waals surface area contributed by atoms with Crippen molar-refractivity contribution in [3.63, 3.8) is 0 Å². The lowest BCUT2D eigenvalue weighted by Gasteiger charge is -2.38. The quantitative estimate of drug-likeness (QED) is 0.910. The topological polar surface area (TPSA) is 43.8 Å². The Morgan fingerprint density at radius 2 is 2.11 bits per heavy atom. The minimum atomic E-state index is -0.829. The number of aromatic carboxylic acids is 1. The fourth-order valence-corrected chi connectivity index (χ4v) is 3.04. The van der Waals surface area contributed by atoms with Crippen LogP contribution in [0.25, 0.3) is 0 Å². The highest BCUT2D eigenvalue weighted by Gasteiger charge is 2.21. The van der Waals surface area contributed by atoms with Crippen molar-refractivity contribution in [2.75, 3.05) is 31.1 Å². The predicted octanol–water partition coefficient (Wildman–Crippen LogP) is 2.37. The molecule has 0 amide bonds. The summed E-state index contributed by atoms with van der Waals surface area (Å²) in [7, 11) is 0. The Kier molecular flexibility index (Phi) is 4.24. The van der Waals surface area contributed by atoms with E-state index in [1.54, 1.807) is 6.07 Å². The Hall–Kier alpha value is -1.07. The standard InChI is InChI=1S/C13H20N2O2S/c1-3-10(2)14-4-6-15(7-5-14)11-8-12(13(16)17)18-9-11/h8-10H,3-7H2,1-2H3,(H,16,17). The summed E-state index contributed by atoms with van der Waals surface area (Å²) in [6.07, 6.45) is 1.18. The van der Waals surface area contributed by atoms with Gasteiger partial charge in [-0.2, -0.15) is 0 Å². The van der Waals surface area contributed by atoms with Gasteiger partial charge in [-0.15, -0.1) is 11.3 Å². The lowest BCUT2D eigenvalue weighted by Crippen LogP contribution is -2.49. The van der Waals surface area contributed by atoms with E-state index in [1.165, 1.54) is 17.8 Å². The molecule has 1 atom stereocenters. The SMILES string of the molecule is CCC(C)N1CCN(c2csc(C(=O)O)c2)CC1. The molecular weight excluding hydrogens is 248 g/mol. The van der Waals surface area contributed by atoms with Gasteiger partial charge in [0.05, 0.1) is 0 Å². The molecule has 0 spiro atoms. The zero-order valence-electron chi connectivity index (χ0n) is 10.9. The number of hydrogen-bond acceptors (Lipinski definition) is 4. The third kappa shape index (κ3) is 2.84. The van der Waals surface area contributed by atoms with Crippen molar-refractivity contribution in [2.45, 2.75) is 26.3 Å². The van der Waals surface area contributed by atoms with Crippen LogP contribution in [0.4, 0.5) is 5.69 Å². The summed E-state index contributed by atoms with van der Waals surface area (Å²) in [5.74, 6) is -0.829. The molecular formula is C13H20N2O2S. The third-order valence-electron chi connectivity index (χ3n) is 3.69. The van der Waals surface area contributed by atoms with Crippen LogP contribution in [-0.4, -0.2) is 48.2 Å². The van der Waals surface area contributed by atoms with Crippen LogP contribution >= 0.6 is 11.3 Å². The van der Waals surface area contributed by atoms with Gasteiger partial charge in [0.1, 0.15) is 4.88 Å². The maximum Gasteiger partial charge on any atom is 0.345 e. The van der Waals surface area contributed by atoms with Crippen molar-refractivity contribution in [2.24, 2.45) is 0 Å². The number of hydrogen-bond donors (Lipinski definition) is 1. The Bertz CT molecular complexity index is 411.